The summed E-state index contributed by atoms with van der Waals surface area (Å²) in [5.74, 6) is 0.980. The van der Waals surface area contributed by atoms with Gasteiger partial charge in [-0.15, -0.1) is 0 Å². The highest BCUT2D eigenvalue weighted by atomic mass is 16.5. The fourth-order valence-electron chi connectivity index (χ4n) is 3.40. The summed E-state index contributed by atoms with van der Waals surface area (Å²) in [6.07, 6.45) is 8.48. The van der Waals surface area contributed by atoms with E-state index in [2.05, 4.69) is 9.88 Å². The van der Waals surface area contributed by atoms with Gasteiger partial charge in [0.25, 0.3) is 0 Å². The standard InChI is InChI=1S/C20H24N2O2/c1-24-18-7-5-6-16(14-18)15-20(23)22-13-4-2-3-8-19(22)17-9-11-21-12-10-17/h5-7,9-12,14,19H,2-4,8,13,15H2,1H3. The van der Waals surface area contributed by atoms with Crippen LogP contribution in [-0.2, 0) is 11.2 Å². The highest BCUT2D eigenvalue weighted by molar-refractivity contribution is 5.79. The van der Waals surface area contributed by atoms with Crippen molar-refractivity contribution < 1.29 is 9.53 Å². The number of rotatable bonds is 4. The average Bonchev–Trinajstić information content (AvgIpc) is 2.88. The molecule has 24 heavy (non-hydrogen) atoms. The van der Waals surface area contributed by atoms with E-state index in [4.69, 9.17) is 4.74 Å². The number of methoxy groups -OCH3 is 1. The van der Waals surface area contributed by atoms with Crippen molar-refractivity contribution in [1.29, 1.82) is 0 Å². The first-order chi connectivity index (χ1) is 11.8. The van der Waals surface area contributed by atoms with Crippen LogP contribution in [-0.4, -0.2) is 29.4 Å². The maximum atomic E-state index is 13.0. The van der Waals surface area contributed by atoms with Crippen LogP contribution in [0.2, 0.25) is 0 Å². The van der Waals surface area contributed by atoms with Crippen molar-refractivity contribution in [3.63, 3.8) is 0 Å². The molecule has 1 amide bonds. The number of nitrogens with zero attached hydrogens (tertiary/aromatic N) is 2. The van der Waals surface area contributed by atoms with Gasteiger partial charge >= 0.3 is 0 Å². The van der Waals surface area contributed by atoms with Crippen LogP contribution in [0.4, 0.5) is 0 Å². The Morgan fingerprint density at radius 2 is 2.04 bits per heavy atom. The minimum atomic E-state index is 0.161. The number of carbonyl (C=O) groups is 1. The van der Waals surface area contributed by atoms with Crippen molar-refractivity contribution in [3.8, 4) is 5.75 Å². The second-order valence-electron chi connectivity index (χ2n) is 6.26. The van der Waals surface area contributed by atoms with Crippen LogP contribution in [0, 0.1) is 0 Å². The normalized spacial score (nSPS) is 18.0. The number of hydrogen-bond donors (Lipinski definition) is 0. The van der Waals surface area contributed by atoms with E-state index in [1.807, 2.05) is 48.8 Å². The second kappa shape index (κ2) is 7.95. The topological polar surface area (TPSA) is 42.4 Å². The fourth-order valence-corrected chi connectivity index (χ4v) is 3.40. The van der Waals surface area contributed by atoms with E-state index in [1.165, 1.54) is 12.0 Å². The van der Waals surface area contributed by atoms with E-state index < -0.39 is 0 Å². The number of amides is 1. The summed E-state index contributed by atoms with van der Waals surface area (Å²) in [4.78, 5) is 19.1. The molecule has 0 radical (unpaired) electrons. The molecular formula is C20H24N2O2. The molecule has 126 valence electrons. The van der Waals surface area contributed by atoms with Gasteiger partial charge in [-0.1, -0.05) is 25.0 Å². The van der Waals surface area contributed by atoms with Gasteiger partial charge in [-0.05, 0) is 48.2 Å². The molecule has 4 nitrogen and oxygen atoms in total. The number of ether oxygens (including phenoxy) is 1. The zero-order chi connectivity index (χ0) is 16.8. The Labute approximate surface area is 143 Å². The molecule has 2 heterocycles. The maximum Gasteiger partial charge on any atom is 0.227 e. The number of benzene rings is 1. The molecule has 1 saturated heterocycles. The van der Waals surface area contributed by atoms with E-state index in [1.54, 1.807) is 7.11 Å². The number of likely N-dealkylation sites (tertiary alicyclic amines) is 1. The Balaban J connectivity index is 1.79. The molecule has 1 aromatic carbocycles. The van der Waals surface area contributed by atoms with Crippen LogP contribution in [0.25, 0.3) is 0 Å². The number of hydrogen-bond acceptors (Lipinski definition) is 3. The van der Waals surface area contributed by atoms with Crippen LogP contribution < -0.4 is 4.74 Å². The van der Waals surface area contributed by atoms with Crippen LogP contribution in [0.1, 0.15) is 42.9 Å². The molecule has 1 aliphatic heterocycles. The Kier molecular flexibility index (Phi) is 5.47. The molecule has 1 aromatic heterocycles. The lowest BCUT2D eigenvalue weighted by molar-refractivity contribution is -0.132. The van der Waals surface area contributed by atoms with Crippen molar-refractivity contribution in [3.05, 3.63) is 59.9 Å². The summed E-state index contributed by atoms with van der Waals surface area (Å²) in [5, 5.41) is 0. The van der Waals surface area contributed by atoms with Crippen molar-refractivity contribution >= 4 is 5.91 Å². The Bertz CT molecular complexity index is 672. The molecule has 1 aliphatic rings. The molecule has 0 aliphatic carbocycles. The highest BCUT2D eigenvalue weighted by Gasteiger charge is 2.26. The van der Waals surface area contributed by atoms with E-state index in [0.29, 0.717) is 6.42 Å². The molecule has 1 atom stereocenters. The SMILES string of the molecule is COc1cccc(CC(=O)N2CCCCCC2c2ccncc2)c1. The van der Waals surface area contributed by atoms with Crippen molar-refractivity contribution in [1.82, 2.24) is 9.88 Å². The zero-order valence-corrected chi connectivity index (χ0v) is 14.1. The third-order valence-electron chi connectivity index (χ3n) is 4.65. The summed E-state index contributed by atoms with van der Waals surface area (Å²) in [5.41, 5.74) is 2.18. The smallest absolute Gasteiger partial charge is 0.227 e. The Morgan fingerprint density at radius 3 is 2.83 bits per heavy atom. The minimum absolute atomic E-state index is 0.161. The average molecular weight is 324 g/mol. The first-order valence-corrected chi connectivity index (χ1v) is 8.60. The lowest BCUT2D eigenvalue weighted by atomic mass is 10.0. The van der Waals surface area contributed by atoms with Gasteiger partial charge in [-0.25, -0.2) is 0 Å². The lowest BCUT2D eigenvalue weighted by Crippen LogP contribution is -2.35. The first-order valence-electron chi connectivity index (χ1n) is 8.60. The summed E-state index contributed by atoms with van der Waals surface area (Å²) >= 11 is 0. The van der Waals surface area contributed by atoms with Crippen molar-refractivity contribution in [2.75, 3.05) is 13.7 Å². The molecule has 2 aromatic rings. The molecule has 0 bridgehead atoms. The summed E-state index contributed by atoms with van der Waals surface area (Å²) in [6.45, 7) is 0.829. The third-order valence-corrected chi connectivity index (χ3v) is 4.65. The van der Waals surface area contributed by atoms with Crippen LogP contribution in [0.15, 0.2) is 48.8 Å². The molecule has 0 spiro atoms. The van der Waals surface area contributed by atoms with Gasteiger partial charge in [0, 0.05) is 18.9 Å². The summed E-state index contributed by atoms with van der Waals surface area (Å²) < 4.78 is 5.26. The zero-order valence-electron chi connectivity index (χ0n) is 14.1. The molecule has 0 N–H and O–H groups in total. The lowest BCUT2D eigenvalue weighted by Gasteiger charge is -2.30. The van der Waals surface area contributed by atoms with Gasteiger partial charge in [0.2, 0.25) is 5.91 Å². The highest BCUT2D eigenvalue weighted by Crippen LogP contribution is 2.30. The van der Waals surface area contributed by atoms with Crippen molar-refractivity contribution in [2.24, 2.45) is 0 Å². The van der Waals surface area contributed by atoms with E-state index in [9.17, 15) is 4.79 Å². The molecule has 1 fully saturated rings. The molecular weight excluding hydrogens is 300 g/mol. The number of pyridine rings is 1. The van der Waals surface area contributed by atoms with Gasteiger partial charge in [0.15, 0.2) is 0 Å². The second-order valence-corrected chi connectivity index (χ2v) is 6.26. The Morgan fingerprint density at radius 1 is 1.21 bits per heavy atom. The van der Waals surface area contributed by atoms with Crippen molar-refractivity contribution in [2.45, 2.75) is 38.1 Å². The van der Waals surface area contributed by atoms with Crippen LogP contribution in [0.5, 0.6) is 5.75 Å². The molecule has 3 rings (SSSR count). The molecule has 1 unspecified atom stereocenters. The molecule has 0 saturated carbocycles. The Hall–Kier alpha value is -2.36. The maximum absolute atomic E-state index is 13.0. The summed E-state index contributed by atoms with van der Waals surface area (Å²) in [6, 6.07) is 12.0. The van der Waals surface area contributed by atoms with Gasteiger partial charge in [0.05, 0.1) is 19.6 Å². The largest absolute Gasteiger partial charge is 0.497 e. The van der Waals surface area contributed by atoms with E-state index >= 15 is 0 Å². The van der Waals surface area contributed by atoms with Crippen LogP contribution in [0.3, 0.4) is 0 Å². The fraction of sp³-hybridized carbons (Fsp3) is 0.400. The minimum Gasteiger partial charge on any atom is -0.497 e. The van der Waals surface area contributed by atoms with E-state index in [-0.39, 0.29) is 11.9 Å². The van der Waals surface area contributed by atoms with Gasteiger partial charge in [-0.2, -0.15) is 0 Å². The van der Waals surface area contributed by atoms with Gasteiger partial charge in [0.1, 0.15) is 5.75 Å². The van der Waals surface area contributed by atoms with E-state index in [0.717, 1.165) is 37.1 Å². The third kappa shape index (κ3) is 3.94. The monoisotopic (exact) mass is 324 g/mol. The quantitative estimate of drug-likeness (QED) is 0.859. The first kappa shape index (κ1) is 16.5. The van der Waals surface area contributed by atoms with Gasteiger partial charge in [-0.3, -0.25) is 9.78 Å². The predicted molar refractivity (Wildman–Crippen MR) is 93.9 cm³/mol. The van der Waals surface area contributed by atoms with Gasteiger partial charge < -0.3 is 9.64 Å². The van der Waals surface area contributed by atoms with Crippen LogP contribution >= 0.6 is 0 Å². The number of aromatic nitrogens is 1. The predicted octanol–water partition coefficient (Wildman–Crippen LogP) is 3.78. The summed E-state index contributed by atoms with van der Waals surface area (Å²) in [7, 11) is 1.65. The molecule has 4 heteroatoms. The number of carbonyl (C=O) groups excluding carboxylic acids is 1.